The summed E-state index contributed by atoms with van der Waals surface area (Å²) in [5, 5.41) is 13.9. The van der Waals surface area contributed by atoms with E-state index in [-0.39, 0.29) is 17.2 Å². The predicted octanol–water partition coefficient (Wildman–Crippen LogP) is 4.38. The second kappa shape index (κ2) is 7.38. The summed E-state index contributed by atoms with van der Waals surface area (Å²) in [5.41, 5.74) is -1.63. The largest absolute Gasteiger partial charge is 0.493 e. The van der Waals surface area contributed by atoms with E-state index < -0.39 is 22.4 Å². The smallest absolute Gasteiger partial charge is 0.416 e. The molecule has 0 fully saturated rings. The van der Waals surface area contributed by atoms with Gasteiger partial charge in [0.2, 0.25) is 5.75 Å². The van der Waals surface area contributed by atoms with Gasteiger partial charge in [0.15, 0.2) is 11.5 Å². The van der Waals surface area contributed by atoms with Gasteiger partial charge in [0.25, 0.3) is 5.69 Å². The van der Waals surface area contributed by atoms with Crippen LogP contribution in [-0.4, -0.2) is 26.3 Å². The van der Waals surface area contributed by atoms with Crippen molar-refractivity contribution in [2.24, 2.45) is 0 Å². The average molecular weight is 372 g/mol. The Morgan fingerprint density at radius 2 is 1.58 bits per heavy atom. The zero-order chi connectivity index (χ0) is 19.5. The van der Waals surface area contributed by atoms with E-state index >= 15 is 0 Å². The first-order valence-electron chi connectivity index (χ1n) is 7.14. The minimum atomic E-state index is -4.68. The van der Waals surface area contributed by atoms with Crippen molar-refractivity contribution in [1.29, 1.82) is 0 Å². The molecule has 2 rings (SSSR count). The molecule has 2 aromatic rings. The van der Waals surface area contributed by atoms with Gasteiger partial charge in [0, 0.05) is 23.9 Å². The average Bonchev–Trinajstić information content (AvgIpc) is 2.59. The van der Waals surface area contributed by atoms with Gasteiger partial charge in [-0.1, -0.05) is 0 Å². The zero-order valence-electron chi connectivity index (χ0n) is 14.0. The number of methoxy groups -OCH3 is 3. The third-order valence-electron chi connectivity index (χ3n) is 3.47. The maximum Gasteiger partial charge on any atom is 0.416 e. The van der Waals surface area contributed by atoms with Gasteiger partial charge in [0.1, 0.15) is 5.69 Å². The van der Waals surface area contributed by atoms with Crippen LogP contribution in [0.2, 0.25) is 0 Å². The second-order valence-electron chi connectivity index (χ2n) is 5.03. The maximum absolute atomic E-state index is 12.8. The van der Waals surface area contributed by atoms with Crippen LogP contribution in [-0.2, 0) is 6.18 Å². The van der Waals surface area contributed by atoms with E-state index in [9.17, 15) is 23.3 Å². The Kier molecular flexibility index (Phi) is 5.44. The van der Waals surface area contributed by atoms with E-state index in [0.29, 0.717) is 17.5 Å². The molecular formula is C16H15F3N2O5. The van der Waals surface area contributed by atoms with Gasteiger partial charge in [-0.05, 0) is 12.1 Å². The number of rotatable bonds is 6. The molecule has 140 valence electrons. The fourth-order valence-electron chi connectivity index (χ4n) is 2.27. The molecule has 0 aliphatic carbocycles. The van der Waals surface area contributed by atoms with E-state index in [1.54, 1.807) is 0 Å². The number of nitrogens with one attached hydrogen (secondary N) is 1. The van der Waals surface area contributed by atoms with Crippen LogP contribution in [0.1, 0.15) is 5.56 Å². The highest BCUT2D eigenvalue weighted by atomic mass is 19.4. The molecule has 0 bridgehead atoms. The molecule has 2 aromatic carbocycles. The Bertz CT molecular complexity index is 799. The first kappa shape index (κ1) is 19.2. The van der Waals surface area contributed by atoms with Gasteiger partial charge in [-0.2, -0.15) is 13.2 Å². The van der Waals surface area contributed by atoms with Gasteiger partial charge >= 0.3 is 6.18 Å². The molecular weight excluding hydrogens is 357 g/mol. The third kappa shape index (κ3) is 3.90. The molecule has 0 heterocycles. The van der Waals surface area contributed by atoms with E-state index in [1.165, 1.54) is 33.5 Å². The van der Waals surface area contributed by atoms with Crippen molar-refractivity contribution in [2.45, 2.75) is 6.18 Å². The topological polar surface area (TPSA) is 82.9 Å². The molecule has 0 aromatic heterocycles. The molecule has 0 aliphatic heterocycles. The number of halogens is 3. The number of hydrogen-bond acceptors (Lipinski definition) is 6. The van der Waals surface area contributed by atoms with E-state index in [2.05, 4.69) is 5.32 Å². The Morgan fingerprint density at radius 3 is 2.00 bits per heavy atom. The highest BCUT2D eigenvalue weighted by Crippen LogP contribution is 2.42. The molecule has 10 heteroatoms. The lowest BCUT2D eigenvalue weighted by Crippen LogP contribution is -2.07. The maximum atomic E-state index is 12.8. The Labute approximate surface area is 146 Å². The summed E-state index contributed by atoms with van der Waals surface area (Å²) in [6.07, 6.45) is -4.68. The van der Waals surface area contributed by atoms with Crippen molar-refractivity contribution in [2.75, 3.05) is 26.6 Å². The van der Waals surface area contributed by atoms with Crippen LogP contribution in [0.5, 0.6) is 17.2 Å². The van der Waals surface area contributed by atoms with E-state index in [4.69, 9.17) is 14.2 Å². The molecule has 0 saturated carbocycles. The van der Waals surface area contributed by atoms with Crippen molar-refractivity contribution in [3.63, 3.8) is 0 Å². The molecule has 0 aliphatic rings. The molecule has 0 atom stereocenters. The molecule has 0 amide bonds. The predicted molar refractivity (Wildman–Crippen MR) is 87.5 cm³/mol. The van der Waals surface area contributed by atoms with Gasteiger partial charge in [-0.15, -0.1) is 0 Å². The van der Waals surface area contributed by atoms with Crippen LogP contribution in [0.15, 0.2) is 30.3 Å². The lowest BCUT2D eigenvalue weighted by atomic mass is 10.1. The number of alkyl halides is 3. The summed E-state index contributed by atoms with van der Waals surface area (Å²) >= 11 is 0. The number of nitro groups is 1. The number of hydrogen-bond donors (Lipinski definition) is 1. The van der Waals surface area contributed by atoms with Gasteiger partial charge in [0.05, 0.1) is 31.8 Å². The summed E-state index contributed by atoms with van der Waals surface area (Å²) in [6, 6.07) is 5.17. The molecule has 7 nitrogen and oxygen atoms in total. The molecule has 0 saturated heterocycles. The van der Waals surface area contributed by atoms with Crippen molar-refractivity contribution in [3.8, 4) is 17.2 Å². The van der Waals surface area contributed by atoms with Gasteiger partial charge in [-0.3, -0.25) is 10.1 Å². The van der Waals surface area contributed by atoms with Crippen molar-refractivity contribution in [1.82, 2.24) is 0 Å². The summed E-state index contributed by atoms with van der Waals surface area (Å²) < 4.78 is 53.9. The highest BCUT2D eigenvalue weighted by Gasteiger charge is 2.33. The summed E-state index contributed by atoms with van der Waals surface area (Å²) in [4.78, 5) is 10.3. The SMILES string of the molecule is COc1cc(Nc2ccc(C(F)(F)F)cc2[N+](=O)[O-])cc(OC)c1OC. The van der Waals surface area contributed by atoms with Crippen LogP contribution < -0.4 is 19.5 Å². The van der Waals surface area contributed by atoms with Crippen LogP contribution >= 0.6 is 0 Å². The van der Waals surface area contributed by atoms with Gasteiger partial charge < -0.3 is 19.5 Å². The molecule has 26 heavy (non-hydrogen) atoms. The lowest BCUT2D eigenvalue weighted by molar-refractivity contribution is -0.384. The number of nitrogens with zero attached hydrogens (tertiary/aromatic N) is 1. The Hall–Kier alpha value is -3.17. The lowest BCUT2D eigenvalue weighted by Gasteiger charge is -2.15. The highest BCUT2D eigenvalue weighted by molar-refractivity contribution is 5.73. The third-order valence-corrected chi connectivity index (χ3v) is 3.47. The van der Waals surface area contributed by atoms with Crippen molar-refractivity contribution < 1.29 is 32.3 Å². The molecule has 0 unspecified atom stereocenters. The minimum Gasteiger partial charge on any atom is -0.493 e. The quantitative estimate of drug-likeness (QED) is 0.598. The van der Waals surface area contributed by atoms with Crippen LogP contribution in [0.4, 0.5) is 30.2 Å². The second-order valence-corrected chi connectivity index (χ2v) is 5.03. The number of ether oxygens (including phenoxy) is 3. The van der Waals surface area contributed by atoms with Crippen LogP contribution in [0, 0.1) is 10.1 Å². The number of benzene rings is 2. The first-order chi connectivity index (χ1) is 12.2. The number of anilines is 2. The minimum absolute atomic E-state index is 0.114. The molecule has 1 N–H and O–H groups in total. The van der Waals surface area contributed by atoms with Crippen LogP contribution in [0.25, 0.3) is 0 Å². The zero-order valence-corrected chi connectivity index (χ0v) is 14.0. The fraction of sp³-hybridized carbons (Fsp3) is 0.250. The first-order valence-corrected chi connectivity index (χ1v) is 7.14. The van der Waals surface area contributed by atoms with Crippen LogP contribution in [0.3, 0.4) is 0 Å². The Morgan fingerprint density at radius 1 is 1.00 bits per heavy atom. The standard InChI is InChI=1S/C16H15F3N2O5/c1-24-13-7-10(8-14(25-2)15(13)26-3)20-11-5-4-9(16(17,18)19)6-12(11)21(22)23/h4-8,20H,1-3H3. The van der Waals surface area contributed by atoms with Crippen molar-refractivity contribution in [3.05, 3.63) is 46.0 Å². The van der Waals surface area contributed by atoms with E-state index in [1.807, 2.05) is 0 Å². The van der Waals surface area contributed by atoms with Crippen molar-refractivity contribution >= 4 is 17.1 Å². The molecule has 0 spiro atoms. The summed E-state index contributed by atoms with van der Waals surface area (Å²) in [7, 11) is 4.19. The summed E-state index contributed by atoms with van der Waals surface area (Å²) in [6.45, 7) is 0. The molecule has 0 radical (unpaired) electrons. The number of nitro benzene ring substituents is 1. The normalized spacial score (nSPS) is 11.0. The fourth-order valence-corrected chi connectivity index (χ4v) is 2.27. The summed E-state index contributed by atoms with van der Waals surface area (Å²) in [5.74, 6) is 0.871. The van der Waals surface area contributed by atoms with E-state index in [0.717, 1.165) is 12.1 Å². The Balaban J connectivity index is 2.50. The monoisotopic (exact) mass is 372 g/mol. The van der Waals surface area contributed by atoms with Gasteiger partial charge in [-0.25, -0.2) is 0 Å².